The van der Waals surface area contributed by atoms with Gasteiger partial charge in [0.2, 0.25) is 9.84 Å². The third-order valence-electron chi connectivity index (χ3n) is 5.30. The predicted octanol–water partition coefficient (Wildman–Crippen LogP) is 5.41. The molecule has 0 atom stereocenters. The Morgan fingerprint density at radius 2 is 1.63 bits per heavy atom. The number of hydrogen-bond donors (Lipinski definition) is 2. The summed E-state index contributed by atoms with van der Waals surface area (Å²) in [4.78, 5) is 11.8. The monoisotopic (exact) mass is 496 g/mol. The molecule has 3 aromatic rings. The van der Waals surface area contributed by atoms with Crippen molar-refractivity contribution in [3.05, 3.63) is 100 Å². The molecule has 0 aliphatic rings. The van der Waals surface area contributed by atoms with Gasteiger partial charge < -0.3 is 15.4 Å². The van der Waals surface area contributed by atoms with Crippen LogP contribution in [0.5, 0.6) is 0 Å². The molecule has 0 spiro atoms. The summed E-state index contributed by atoms with van der Waals surface area (Å²) in [5.74, 6) is -1.61. The molecule has 35 heavy (non-hydrogen) atoms. The van der Waals surface area contributed by atoms with Gasteiger partial charge in [0.15, 0.2) is 4.91 Å². The van der Waals surface area contributed by atoms with Gasteiger partial charge in [-0.15, -0.1) is 0 Å². The molecule has 3 aromatic carbocycles. The van der Waals surface area contributed by atoms with Gasteiger partial charge in [0.05, 0.1) is 17.2 Å². The van der Waals surface area contributed by atoms with Crippen molar-refractivity contribution in [2.45, 2.75) is 38.6 Å². The minimum Gasteiger partial charge on any atom is -0.462 e. The smallest absolute Gasteiger partial charge is 0.351 e. The Kier molecular flexibility index (Phi) is 8.65. The zero-order chi connectivity index (χ0) is 25.4. The van der Waals surface area contributed by atoms with Crippen molar-refractivity contribution in [1.29, 1.82) is 0 Å². The lowest BCUT2D eigenvalue weighted by atomic mass is 10.1. The highest BCUT2D eigenvalue weighted by Crippen LogP contribution is 2.31. The summed E-state index contributed by atoms with van der Waals surface area (Å²) in [7, 11) is -4.37. The van der Waals surface area contributed by atoms with E-state index < -0.39 is 26.5 Å². The zero-order valence-electron chi connectivity index (χ0n) is 20.0. The number of anilines is 2. The SMILES string of the molecule is CCOC(=O)C(=CNCc1ccc(C)cc1)S(=O)(=O)c1ccc(F)cc1Nc1ccc(CC)cc1. The van der Waals surface area contributed by atoms with Gasteiger partial charge in [0, 0.05) is 18.4 Å². The first kappa shape index (κ1) is 26.0. The molecule has 0 saturated heterocycles. The molecule has 0 amide bonds. The number of nitrogens with one attached hydrogen (secondary N) is 2. The van der Waals surface area contributed by atoms with Crippen LogP contribution in [0, 0.1) is 12.7 Å². The third kappa shape index (κ3) is 6.70. The molecule has 0 bridgehead atoms. The van der Waals surface area contributed by atoms with Crippen molar-refractivity contribution >= 4 is 27.2 Å². The fourth-order valence-corrected chi connectivity index (χ4v) is 4.75. The van der Waals surface area contributed by atoms with E-state index in [0.717, 1.165) is 47.5 Å². The minimum atomic E-state index is -4.37. The minimum absolute atomic E-state index is 0.00194. The fraction of sp³-hybridized carbons (Fsp3) is 0.222. The van der Waals surface area contributed by atoms with E-state index in [9.17, 15) is 17.6 Å². The number of esters is 1. The third-order valence-corrected chi connectivity index (χ3v) is 7.10. The van der Waals surface area contributed by atoms with Gasteiger partial charge in [-0.25, -0.2) is 17.6 Å². The summed E-state index contributed by atoms with van der Waals surface area (Å²) >= 11 is 0. The molecule has 0 fully saturated rings. The maximum atomic E-state index is 14.1. The molecule has 2 N–H and O–H groups in total. The van der Waals surface area contributed by atoms with Crippen molar-refractivity contribution in [1.82, 2.24) is 5.32 Å². The van der Waals surface area contributed by atoms with E-state index in [1.54, 1.807) is 19.1 Å². The van der Waals surface area contributed by atoms with E-state index in [-0.39, 0.29) is 17.2 Å². The lowest BCUT2D eigenvalue weighted by molar-refractivity contribution is -0.137. The number of ether oxygens (including phenoxy) is 1. The quantitative estimate of drug-likeness (QED) is 0.222. The van der Waals surface area contributed by atoms with Crippen LogP contribution in [0.2, 0.25) is 0 Å². The van der Waals surface area contributed by atoms with Crippen LogP contribution in [0.25, 0.3) is 0 Å². The number of halogens is 1. The molecule has 184 valence electrons. The van der Waals surface area contributed by atoms with Crippen LogP contribution in [-0.2, 0) is 32.3 Å². The van der Waals surface area contributed by atoms with E-state index in [1.165, 1.54) is 0 Å². The fourth-order valence-electron chi connectivity index (χ4n) is 3.35. The molecule has 0 radical (unpaired) electrons. The largest absolute Gasteiger partial charge is 0.462 e. The number of benzene rings is 3. The highest BCUT2D eigenvalue weighted by molar-refractivity contribution is 7.96. The van der Waals surface area contributed by atoms with Gasteiger partial charge in [0.1, 0.15) is 5.82 Å². The summed E-state index contributed by atoms with van der Waals surface area (Å²) < 4.78 is 46.3. The first-order valence-electron chi connectivity index (χ1n) is 11.3. The molecule has 0 aromatic heterocycles. The summed E-state index contributed by atoms with van der Waals surface area (Å²) in [5.41, 5.74) is 3.72. The maximum Gasteiger partial charge on any atom is 0.351 e. The Morgan fingerprint density at radius 1 is 0.971 bits per heavy atom. The second-order valence-corrected chi connectivity index (χ2v) is 9.80. The van der Waals surface area contributed by atoms with Crippen LogP contribution in [-0.4, -0.2) is 21.0 Å². The van der Waals surface area contributed by atoms with Gasteiger partial charge >= 0.3 is 5.97 Å². The molecule has 8 heteroatoms. The van der Waals surface area contributed by atoms with E-state index in [2.05, 4.69) is 10.6 Å². The lowest BCUT2D eigenvalue weighted by Crippen LogP contribution is -2.21. The van der Waals surface area contributed by atoms with Crippen LogP contribution in [0.1, 0.15) is 30.5 Å². The molecule has 0 aliphatic carbocycles. The van der Waals surface area contributed by atoms with Crippen LogP contribution in [0.4, 0.5) is 15.8 Å². The lowest BCUT2D eigenvalue weighted by Gasteiger charge is -2.15. The maximum absolute atomic E-state index is 14.1. The number of carbonyl (C=O) groups excluding carboxylic acids is 1. The predicted molar refractivity (Wildman–Crippen MR) is 135 cm³/mol. The van der Waals surface area contributed by atoms with Gasteiger partial charge in [-0.2, -0.15) is 0 Å². The van der Waals surface area contributed by atoms with Crippen molar-refractivity contribution in [3.8, 4) is 0 Å². The molecule has 3 rings (SSSR count). The van der Waals surface area contributed by atoms with Crippen LogP contribution in [0.3, 0.4) is 0 Å². The number of sulfone groups is 1. The van der Waals surface area contributed by atoms with Gasteiger partial charge in [-0.05, 0) is 61.7 Å². The van der Waals surface area contributed by atoms with E-state index in [0.29, 0.717) is 12.2 Å². The van der Waals surface area contributed by atoms with Crippen LogP contribution < -0.4 is 10.6 Å². The first-order chi connectivity index (χ1) is 16.7. The standard InChI is InChI=1S/C27H29FN2O4S/c1-4-20-10-13-23(14-11-20)30-24-16-22(28)12-15-25(24)35(32,33)26(27(31)34-5-2)18-29-17-21-8-6-19(3)7-9-21/h6-16,18,29-30H,4-5,17H2,1-3H3. The summed E-state index contributed by atoms with van der Waals surface area (Å²) in [6.45, 7) is 5.89. The molecule has 0 heterocycles. The molecule has 0 aliphatic heterocycles. The summed E-state index contributed by atoms with van der Waals surface area (Å²) in [6, 6.07) is 18.3. The number of hydrogen-bond acceptors (Lipinski definition) is 6. The van der Waals surface area contributed by atoms with E-state index in [4.69, 9.17) is 4.74 Å². The van der Waals surface area contributed by atoms with Crippen molar-refractivity contribution in [2.24, 2.45) is 0 Å². The second-order valence-electron chi connectivity index (χ2n) is 7.91. The van der Waals surface area contributed by atoms with Crippen LogP contribution in [0.15, 0.2) is 82.7 Å². The van der Waals surface area contributed by atoms with Gasteiger partial charge in [-0.3, -0.25) is 0 Å². The van der Waals surface area contributed by atoms with Crippen molar-refractivity contribution in [2.75, 3.05) is 11.9 Å². The number of carbonyl (C=O) groups is 1. The van der Waals surface area contributed by atoms with E-state index in [1.807, 2.05) is 50.2 Å². The molecular formula is C27H29FN2O4S. The first-order valence-corrected chi connectivity index (χ1v) is 12.8. The highest BCUT2D eigenvalue weighted by Gasteiger charge is 2.31. The summed E-state index contributed by atoms with van der Waals surface area (Å²) in [6.07, 6.45) is 1.99. The number of aryl methyl sites for hydroxylation is 2. The Labute approximate surface area is 205 Å². The normalized spacial score (nSPS) is 11.7. The number of rotatable bonds is 10. The Balaban J connectivity index is 1.96. The van der Waals surface area contributed by atoms with E-state index >= 15 is 0 Å². The van der Waals surface area contributed by atoms with Gasteiger partial charge in [-0.1, -0.05) is 48.9 Å². The topological polar surface area (TPSA) is 84.5 Å². The Bertz CT molecular complexity index is 1300. The second kappa shape index (κ2) is 11.7. The highest BCUT2D eigenvalue weighted by atomic mass is 32.2. The molecule has 0 unspecified atom stereocenters. The average Bonchev–Trinajstić information content (AvgIpc) is 2.83. The summed E-state index contributed by atoms with van der Waals surface area (Å²) in [5, 5.41) is 5.86. The van der Waals surface area contributed by atoms with Crippen molar-refractivity contribution < 1.29 is 22.3 Å². The molecule has 6 nitrogen and oxygen atoms in total. The molecular weight excluding hydrogens is 467 g/mol. The van der Waals surface area contributed by atoms with Gasteiger partial charge in [0.25, 0.3) is 0 Å². The van der Waals surface area contributed by atoms with Crippen molar-refractivity contribution in [3.63, 3.8) is 0 Å². The average molecular weight is 497 g/mol. The molecule has 0 saturated carbocycles. The Hall–Kier alpha value is -3.65. The zero-order valence-corrected chi connectivity index (χ0v) is 20.8. The van der Waals surface area contributed by atoms with Crippen LogP contribution >= 0.6 is 0 Å². The Morgan fingerprint density at radius 3 is 2.26 bits per heavy atom.